The molecule has 0 saturated carbocycles. The quantitative estimate of drug-likeness (QED) is 0.372. The first-order valence-corrected chi connectivity index (χ1v) is 12.8. The lowest BCUT2D eigenvalue weighted by Gasteiger charge is -2.28. The predicted octanol–water partition coefficient (Wildman–Crippen LogP) is 5.62. The number of anilines is 1. The van der Waals surface area contributed by atoms with Crippen LogP contribution in [0.3, 0.4) is 0 Å². The molecule has 1 aliphatic heterocycles. The number of amides is 1. The van der Waals surface area contributed by atoms with Gasteiger partial charge in [-0.05, 0) is 72.1 Å². The molecule has 0 aliphatic carbocycles. The number of carbonyl (C=O) groups is 1. The summed E-state index contributed by atoms with van der Waals surface area (Å²) in [7, 11) is -4.14. The zero-order valence-corrected chi connectivity index (χ0v) is 20.0. The average molecular weight is 503 g/mol. The van der Waals surface area contributed by atoms with Gasteiger partial charge in [-0.3, -0.25) is 4.79 Å². The van der Waals surface area contributed by atoms with Crippen molar-refractivity contribution in [3.63, 3.8) is 0 Å². The summed E-state index contributed by atoms with van der Waals surface area (Å²) < 4.78 is 48.2. The number of ether oxygens (including phenoxy) is 1. The molecule has 0 bridgehead atoms. The fourth-order valence-electron chi connectivity index (χ4n) is 4.09. The predicted molar refractivity (Wildman–Crippen MR) is 135 cm³/mol. The van der Waals surface area contributed by atoms with Gasteiger partial charge in [0.1, 0.15) is 22.2 Å². The van der Waals surface area contributed by atoms with Crippen LogP contribution in [-0.2, 0) is 23.0 Å². The topological polar surface area (TPSA) is 75.7 Å². The molecule has 0 unspecified atom stereocenters. The van der Waals surface area contributed by atoms with Crippen molar-refractivity contribution in [1.29, 1.82) is 0 Å². The zero-order chi connectivity index (χ0) is 25.1. The van der Waals surface area contributed by atoms with Gasteiger partial charge in [-0.15, -0.1) is 0 Å². The van der Waals surface area contributed by atoms with Crippen molar-refractivity contribution < 1.29 is 22.3 Å². The lowest BCUT2D eigenvalue weighted by atomic mass is 10.0. The number of halogens is 1. The largest absolute Gasteiger partial charge is 0.457 e. The number of hydrogen-bond donors (Lipinski definition) is 1. The molecule has 1 heterocycles. The Labute approximate surface area is 209 Å². The van der Waals surface area contributed by atoms with Crippen LogP contribution in [0.25, 0.3) is 0 Å². The normalized spacial score (nSPS) is 13.6. The highest BCUT2D eigenvalue weighted by molar-refractivity contribution is 7.89. The molecule has 1 N–H and O–H groups in total. The standard InChI is InChI=1S/C28H23FN2O4S/c29-26-15-10-21(18-27(26)36(33,34)31-17-16-20-6-4-5-7-22(20)19-31)28(32)30-23-11-13-25(14-12-23)35-24-8-2-1-3-9-24/h1-15,18H,16-17,19H2,(H,30,32). The maximum atomic E-state index is 14.7. The zero-order valence-electron chi connectivity index (χ0n) is 19.2. The Bertz CT molecular complexity index is 1510. The Morgan fingerprint density at radius 1 is 0.833 bits per heavy atom. The first-order valence-electron chi connectivity index (χ1n) is 11.4. The summed E-state index contributed by atoms with van der Waals surface area (Å²) in [5.74, 6) is -0.163. The third-order valence-corrected chi connectivity index (χ3v) is 7.86. The number of nitrogens with one attached hydrogen (secondary N) is 1. The summed E-state index contributed by atoms with van der Waals surface area (Å²) in [6, 6.07) is 27.0. The van der Waals surface area contributed by atoms with Crippen molar-refractivity contribution in [2.24, 2.45) is 0 Å². The molecule has 6 nitrogen and oxygen atoms in total. The molecule has 0 fully saturated rings. The summed E-state index contributed by atoms with van der Waals surface area (Å²) in [4.78, 5) is 12.3. The lowest BCUT2D eigenvalue weighted by molar-refractivity contribution is 0.102. The van der Waals surface area contributed by atoms with E-state index in [1.165, 1.54) is 10.4 Å². The molecule has 0 aromatic heterocycles. The molecule has 1 aliphatic rings. The number of rotatable bonds is 6. The van der Waals surface area contributed by atoms with E-state index in [1.807, 2.05) is 54.6 Å². The minimum atomic E-state index is -4.14. The second-order valence-electron chi connectivity index (χ2n) is 8.40. The smallest absolute Gasteiger partial charge is 0.255 e. The molecule has 0 spiro atoms. The first kappa shape index (κ1) is 23.7. The molecular formula is C28H23FN2O4S. The summed E-state index contributed by atoms with van der Waals surface area (Å²) in [6.07, 6.45) is 0.543. The Kier molecular flexibility index (Phi) is 6.54. The molecule has 0 saturated heterocycles. The van der Waals surface area contributed by atoms with Gasteiger partial charge >= 0.3 is 0 Å². The van der Waals surface area contributed by atoms with Gasteiger partial charge in [-0.1, -0.05) is 42.5 Å². The van der Waals surface area contributed by atoms with Gasteiger partial charge < -0.3 is 10.1 Å². The van der Waals surface area contributed by atoms with Crippen molar-refractivity contribution in [2.75, 3.05) is 11.9 Å². The fourth-order valence-corrected chi connectivity index (χ4v) is 5.60. The van der Waals surface area contributed by atoms with Crippen molar-refractivity contribution in [2.45, 2.75) is 17.9 Å². The number of sulfonamides is 1. The molecule has 36 heavy (non-hydrogen) atoms. The van der Waals surface area contributed by atoms with E-state index >= 15 is 0 Å². The van der Waals surface area contributed by atoms with E-state index in [0.29, 0.717) is 23.6 Å². The number of carbonyl (C=O) groups excluding carboxylic acids is 1. The highest BCUT2D eigenvalue weighted by Gasteiger charge is 2.31. The van der Waals surface area contributed by atoms with Crippen LogP contribution in [0.15, 0.2) is 102 Å². The van der Waals surface area contributed by atoms with Gasteiger partial charge in [0.25, 0.3) is 5.91 Å². The van der Waals surface area contributed by atoms with E-state index in [1.54, 1.807) is 24.3 Å². The van der Waals surface area contributed by atoms with E-state index in [0.717, 1.165) is 23.3 Å². The molecule has 0 radical (unpaired) electrons. The SMILES string of the molecule is O=C(Nc1ccc(Oc2ccccc2)cc1)c1ccc(F)c(S(=O)(=O)N2CCc3ccccc3C2)c1. The molecule has 8 heteroatoms. The van der Waals surface area contributed by atoms with Crippen LogP contribution in [-0.4, -0.2) is 25.2 Å². The van der Waals surface area contributed by atoms with Gasteiger partial charge in [-0.25, -0.2) is 12.8 Å². The van der Waals surface area contributed by atoms with Gasteiger partial charge in [0.2, 0.25) is 10.0 Å². The Morgan fingerprint density at radius 2 is 1.50 bits per heavy atom. The highest BCUT2D eigenvalue weighted by Crippen LogP contribution is 2.28. The summed E-state index contributed by atoms with van der Waals surface area (Å²) in [5.41, 5.74) is 2.50. The third-order valence-electron chi connectivity index (χ3n) is 6.00. The van der Waals surface area contributed by atoms with Gasteiger partial charge in [-0.2, -0.15) is 4.31 Å². The van der Waals surface area contributed by atoms with Crippen LogP contribution in [0.5, 0.6) is 11.5 Å². The van der Waals surface area contributed by atoms with Crippen LogP contribution >= 0.6 is 0 Å². The van der Waals surface area contributed by atoms with Crippen LogP contribution in [0.4, 0.5) is 10.1 Å². The van der Waals surface area contributed by atoms with Crippen LogP contribution in [0.2, 0.25) is 0 Å². The summed E-state index contributed by atoms with van der Waals surface area (Å²) in [6.45, 7) is 0.401. The van der Waals surface area contributed by atoms with Crippen LogP contribution in [0.1, 0.15) is 21.5 Å². The maximum Gasteiger partial charge on any atom is 0.255 e. The number of nitrogens with zero attached hydrogens (tertiary/aromatic N) is 1. The van der Waals surface area contributed by atoms with Crippen LogP contribution < -0.4 is 10.1 Å². The number of para-hydroxylation sites is 1. The van der Waals surface area contributed by atoms with Crippen LogP contribution in [0, 0.1) is 5.82 Å². The first-order chi connectivity index (χ1) is 17.4. The Morgan fingerprint density at radius 3 is 2.25 bits per heavy atom. The Hall–Kier alpha value is -4.01. The highest BCUT2D eigenvalue weighted by atomic mass is 32.2. The monoisotopic (exact) mass is 502 g/mol. The molecule has 4 aromatic carbocycles. The van der Waals surface area contributed by atoms with Crippen molar-refractivity contribution in [3.8, 4) is 11.5 Å². The van der Waals surface area contributed by atoms with Crippen molar-refractivity contribution in [3.05, 3.63) is 120 Å². The van der Waals surface area contributed by atoms with E-state index in [4.69, 9.17) is 4.74 Å². The van der Waals surface area contributed by atoms with Crippen molar-refractivity contribution >= 4 is 21.6 Å². The molecule has 1 amide bonds. The van der Waals surface area contributed by atoms with E-state index in [-0.39, 0.29) is 18.7 Å². The second-order valence-corrected chi connectivity index (χ2v) is 10.3. The summed E-state index contributed by atoms with van der Waals surface area (Å²) >= 11 is 0. The van der Waals surface area contributed by atoms with Gasteiger partial charge in [0.15, 0.2) is 0 Å². The van der Waals surface area contributed by atoms with Crippen molar-refractivity contribution in [1.82, 2.24) is 4.31 Å². The molecular weight excluding hydrogens is 479 g/mol. The number of hydrogen-bond acceptors (Lipinski definition) is 4. The average Bonchev–Trinajstić information content (AvgIpc) is 2.90. The third kappa shape index (κ3) is 5.00. The Balaban J connectivity index is 1.32. The minimum Gasteiger partial charge on any atom is -0.457 e. The van der Waals surface area contributed by atoms with Gasteiger partial charge in [0.05, 0.1) is 0 Å². The van der Waals surface area contributed by atoms with Gasteiger partial charge in [0, 0.05) is 24.3 Å². The minimum absolute atomic E-state index is 0.0389. The number of benzene rings is 4. The lowest BCUT2D eigenvalue weighted by Crippen LogP contribution is -2.36. The van der Waals surface area contributed by atoms with E-state index < -0.39 is 26.6 Å². The molecule has 182 valence electrons. The molecule has 0 atom stereocenters. The van der Waals surface area contributed by atoms with E-state index in [9.17, 15) is 17.6 Å². The summed E-state index contributed by atoms with van der Waals surface area (Å²) in [5, 5.41) is 2.71. The number of fused-ring (bicyclic) bond motifs is 1. The molecule has 5 rings (SSSR count). The second kappa shape index (κ2) is 9.93. The maximum absolute atomic E-state index is 14.7. The molecule has 4 aromatic rings. The fraction of sp³-hybridized carbons (Fsp3) is 0.107. The van der Waals surface area contributed by atoms with E-state index in [2.05, 4.69) is 5.32 Å².